The van der Waals surface area contributed by atoms with E-state index in [1.54, 1.807) is 30.4 Å². The molecular weight excluding hydrogens is 515 g/mol. The van der Waals surface area contributed by atoms with Gasteiger partial charge >= 0.3 is 6.18 Å². The second kappa shape index (κ2) is 13.2. The minimum absolute atomic E-state index is 0.0645. The van der Waals surface area contributed by atoms with Gasteiger partial charge in [0.25, 0.3) is 5.91 Å². The molecule has 39 heavy (non-hydrogen) atoms. The molecule has 2 aromatic carbocycles. The lowest BCUT2D eigenvalue weighted by Crippen LogP contribution is -2.20. The van der Waals surface area contributed by atoms with E-state index >= 15 is 0 Å². The number of benzene rings is 2. The number of aromatic nitrogens is 2. The summed E-state index contributed by atoms with van der Waals surface area (Å²) in [5.41, 5.74) is -0.524. The number of anilines is 4. The van der Waals surface area contributed by atoms with Crippen LogP contribution in [0, 0.1) is 0 Å². The average Bonchev–Trinajstić information content (AvgIpc) is 2.92. The molecule has 1 amide bonds. The molecule has 0 fully saturated rings. The van der Waals surface area contributed by atoms with Crippen molar-refractivity contribution in [3.8, 4) is 17.2 Å². The Balaban J connectivity index is 1.96. The van der Waals surface area contributed by atoms with E-state index in [4.69, 9.17) is 14.2 Å². The summed E-state index contributed by atoms with van der Waals surface area (Å²) >= 11 is 0. The summed E-state index contributed by atoms with van der Waals surface area (Å²) in [6.07, 6.45) is -0.277. The first-order valence-electron chi connectivity index (χ1n) is 11.7. The van der Waals surface area contributed by atoms with Crippen molar-refractivity contribution in [3.63, 3.8) is 0 Å². The molecule has 0 radical (unpaired) electrons. The van der Waals surface area contributed by atoms with Crippen LogP contribution in [0.2, 0.25) is 0 Å². The van der Waals surface area contributed by atoms with Crippen LogP contribution in [0.1, 0.15) is 22.3 Å². The SMILES string of the molecule is C=CCCOc1ccc(Nc2nc(Nc3ccc(OCC=C)c(OC)c3)ncc2C(F)(F)F)c(C(=O)NC)c1. The van der Waals surface area contributed by atoms with Gasteiger partial charge in [-0.25, -0.2) is 4.98 Å². The maximum Gasteiger partial charge on any atom is 0.421 e. The maximum absolute atomic E-state index is 13.8. The molecule has 0 saturated heterocycles. The van der Waals surface area contributed by atoms with Crippen LogP contribution in [0.4, 0.5) is 36.3 Å². The highest BCUT2D eigenvalue weighted by Gasteiger charge is 2.35. The lowest BCUT2D eigenvalue weighted by molar-refractivity contribution is -0.137. The summed E-state index contributed by atoms with van der Waals surface area (Å²) in [5.74, 6) is 0.00614. The standard InChI is InChI=1S/C27H28F3N5O4/c1-5-7-13-38-18-9-10-21(19(15-18)25(36)31-3)34-24-20(27(28,29)30)16-32-26(35-24)33-17-8-11-22(39-12-6-2)23(14-17)37-4/h5-6,8-11,14-16H,1-2,7,12-13H2,3-4H3,(H,31,36)(H2,32,33,34,35). The molecule has 0 unspecified atom stereocenters. The summed E-state index contributed by atoms with van der Waals surface area (Å²) in [7, 11) is 2.86. The highest BCUT2D eigenvalue weighted by atomic mass is 19.4. The first kappa shape index (κ1) is 28.8. The molecule has 3 rings (SSSR count). The third-order valence-electron chi connectivity index (χ3n) is 5.18. The molecule has 1 aromatic heterocycles. The first-order valence-corrected chi connectivity index (χ1v) is 11.7. The van der Waals surface area contributed by atoms with E-state index in [2.05, 4.69) is 39.1 Å². The second-order valence-electron chi connectivity index (χ2n) is 7.88. The number of nitrogens with one attached hydrogen (secondary N) is 3. The summed E-state index contributed by atoms with van der Waals surface area (Å²) in [4.78, 5) is 20.4. The Morgan fingerprint density at radius 3 is 2.51 bits per heavy atom. The van der Waals surface area contributed by atoms with Crippen LogP contribution in [-0.4, -0.2) is 43.2 Å². The van der Waals surface area contributed by atoms with Gasteiger partial charge in [-0.2, -0.15) is 18.2 Å². The minimum atomic E-state index is -4.77. The Morgan fingerprint density at radius 1 is 1.05 bits per heavy atom. The van der Waals surface area contributed by atoms with Gasteiger partial charge in [0.15, 0.2) is 11.5 Å². The van der Waals surface area contributed by atoms with Crippen LogP contribution in [-0.2, 0) is 6.18 Å². The van der Waals surface area contributed by atoms with Crippen LogP contribution >= 0.6 is 0 Å². The van der Waals surface area contributed by atoms with Gasteiger partial charge in [0.1, 0.15) is 23.7 Å². The Bertz CT molecular complexity index is 1330. The molecule has 0 atom stereocenters. The van der Waals surface area contributed by atoms with Crippen molar-refractivity contribution in [3.05, 3.63) is 79.0 Å². The smallest absolute Gasteiger partial charge is 0.421 e. The third-order valence-corrected chi connectivity index (χ3v) is 5.18. The number of carbonyl (C=O) groups is 1. The normalized spacial score (nSPS) is 10.8. The van der Waals surface area contributed by atoms with Crippen molar-refractivity contribution in [1.82, 2.24) is 15.3 Å². The van der Waals surface area contributed by atoms with E-state index in [9.17, 15) is 18.0 Å². The summed E-state index contributed by atoms with van der Waals surface area (Å²) in [5, 5.41) is 7.97. The van der Waals surface area contributed by atoms with Crippen molar-refractivity contribution < 1.29 is 32.2 Å². The molecule has 0 saturated carbocycles. The number of hydrogen-bond acceptors (Lipinski definition) is 8. The Hall–Kier alpha value is -4.74. The van der Waals surface area contributed by atoms with E-state index in [1.165, 1.54) is 32.4 Å². The number of hydrogen-bond donors (Lipinski definition) is 3. The molecule has 0 aliphatic heterocycles. The molecule has 9 nitrogen and oxygen atoms in total. The number of ether oxygens (including phenoxy) is 3. The molecule has 1 heterocycles. The largest absolute Gasteiger partial charge is 0.493 e. The topological polar surface area (TPSA) is 107 Å². The number of methoxy groups -OCH3 is 1. The molecule has 0 bridgehead atoms. The van der Waals surface area contributed by atoms with Crippen molar-refractivity contribution in [2.24, 2.45) is 0 Å². The van der Waals surface area contributed by atoms with Crippen LogP contribution in [0.15, 0.2) is 67.9 Å². The van der Waals surface area contributed by atoms with Crippen molar-refractivity contribution in [1.29, 1.82) is 0 Å². The summed E-state index contributed by atoms with van der Waals surface area (Å²) in [6, 6.07) is 9.25. The molecule has 3 aromatic rings. The lowest BCUT2D eigenvalue weighted by Gasteiger charge is -2.17. The monoisotopic (exact) mass is 543 g/mol. The zero-order valence-corrected chi connectivity index (χ0v) is 21.4. The number of carbonyl (C=O) groups excluding carboxylic acids is 1. The van der Waals surface area contributed by atoms with Crippen molar-refractivity contribution >= 4 is 29.0 Å². The predicted octanol–water partition coefficient (Wildman–Crippen LogP) is 5.87. The van der Waals surface area contributed by atoms with Gasteiger partial charge in [-0.1, -0.05) is 18.7 Å². The van der Waals surface area contributed by atoms with Gasteiger partial charge in [-0.15, -0.1) is 6.58 Å². The van der Waals surface area contributed by atoms with E-state index in [0.717, 1.165) is 0 Å². The molecule has 3 N–H and O–H groups in total. The van der Waals surface area contributed by atoms with Crippen molar-refractivity contribution in [2.45, 2.75) is 12.6 Å². The van der Waals surface area contributed by atoms with Crippen LogP contribution in [0.5, 0.6) is 17.2 Å². The summed E-state index contributed by atoms with van der Waals surface area (Å²) < 4.78 is 57.9. The molecular formula is C27H28F3N5O4. The zero-order chi connectivity index (χ0) is 28.4. The second-order valence-corrected chi connectivity index (χ2v) is 7.88. The van der Waals surface area contributed by atoms with Gasteiger partial charge in [0, 0.05) is 25.0 Å². The highest BCUT2D eigenvalue weighted by molar-refractivity contribution is 6.00. The average molecular weight is 544 g/mol. The lowest BCUT2D eigenvalue weighted by atomic mass is 10.1. The fourth-order valence-electron chi connectivity index (χ4n) is 3.32. The van der Waals surface area contributed by atoms with Gasteiger partial charge in [0.05, 0.1) is 25.0 Å². The van der Waals surface area contributed by atoms with Gasteiger partial charge < -0.3 is 30.2 Å². The predicted molar refractivity (Wildman–Crippen MR) is 142 cm³/mol. The van der Waals surface area contributed by atoms with Gasteiger partial charge in [0.2, 0.25) is 5.95 Å². The summed E-state index contributed by atoms with van der Waals surface area (Å²) in [6.45, 7) is 7.80. The van der Waals surface area contributed by atoms with Crippen LogP contribution in [0.25, 0.3) is 0 Å². The maximum atomic E-state index is 13.8. The van der Waals surface area contributed by atoms with Crippen molar-refractivity contribution in [2.75, 3.05) is 38.0 Å². The quantitative estimate of drug-likeness (QED) is 0.182. The number of rotatable bonds is 13. The number of nitrogens with zero attached hydrogens (tertiary/aromatic N) is 2. The third kappa shape index (κ3) is 7.63. The minimum Gasteiger partial charge on any atom is -0.493 e. The first-order chi connectivity index (χ1) is 18.7. The van der Waals surface area contributed by atoms with E-state index in [0.29, 0.717) is 42.2 Å². The Labute approximate surface area is 223 Å². The number of alkyl halides is 3. The highest BCUT2D eigenvalue weighted by Crippen LogP contribution is 2.37. The number of amides is 1. The van der Waals surface area contributed by atoms with Gasteiger partial charge in [-0.05, 0) is 36.8 Å². The molecule has 0 aliphatic carbocycles. The Morgan fingerprint density at radius 2 is 1.85 bits per heavy atom. The fraction of sp³-hybridized carbons (Fsp3) is 0.222. The van der Waals surface area contributed by atoms with Crippen LogP contribution < -0.4 is 30.2 Å². The van der Waals surface area contributed by atoms with Crippen LogP contribution in [0.3, 0.4) is 0 Å². The number of halogens is 3. The zero-order valence-electron chi connectivity index (χ0n) is 21.4. The molecule has 206 valence electrons. The van der Waals surface area contributed by atoms with Gasteiger partial charge in [-0.3, -0.25) is 4.79 Å². The molecule has 0 spiro atoms. The molecule has 12 heteroatoms. The van der Waals surface area contributed by atoms with E-state index in [-0.39, 0.29) is 23.8 Å². The Kier molecular flexibility index (Phi) is 9.74. The fourth-order valence-corrected chi connectivity index (χ4v) is 3.32. The van der Waals surface area contributed by atoms with E-state index < -0.39 is 23.5 Å². The van der Waals surface area contributed by atoms with E-state index in [1.807, 2.05) is 0 Å². The molecule has 0 aliphatic rings.